The van der Waals surface area contributed by atoms with E-state index >= 15 is 0 Å². The molecule has 0 unspecified atom stereocenters. The maximum atomic E-state index is 5.67. The van der Waals surface area contributed by atoms with Crippen molar-refractivity contribution in [3.8, 4) is 0 Å². The van der Waals surface area contributed by atoms with Gasteiger partial charge in [-0.05, 0) is 31.5 Å². The molecule has 0 aromatic rings. The van der Waals surface area contributed by atoms with Crippen LogP contribution in [0, 0.1) is 0 Å². The lowest BCUT2D eigenvalue weighted by Crippen LogP contribution is -2.27. The van der Waals surface area contributed by atoms with Crippen molar-refractivity contribution in [3.63, 3.8) is 0 Å². The lowest BCUT2D eigenvalue weighted by Gasteiger charge is -2.21. The molecular weight excluding hydrogens is 170 g/mol. The van der Waals surface area contributed by atoms with Crippen molar-refractivity contribution < 1.29 is 0 Å². The molecule has 0 saturated heterocycles. The Bertz CT molecular complexity index is 117. The summed E-state index contributed by atoms with van der Waals surface area (Å²) in [5.74, 6) is 0.587. The van der Waals surface area contributed by atoms with E-state index in [9.17, 15) is 0 Å². The second kappa shape index (κ2) is 7.63. The average molecular weight is 190 g/mol. The van der Waals surface area contributed by atoms with Crippen molar-refractivity contribution in [2.45, 2.75) is 26.7 Å². The molecule has 0 spiro atoms. The third-order valence-corrected chi connectivity index (χ3v) is 2.09. The minimum absolute atomic E-state index is 0.587. The number of nitrogens with zero attached hydrogens (tertiary/aromatic N) is 1. The van der Waals surface area contributed by atoms with Crippen LogP contribution in [0.2, 0.25) is 0 Å². The SMILES string of the molecule is C=C(CCl)CN(CCC)CCC. The number of rotatable bonds is 7. The van der Waals surface area contributed by atoms with Gasteiger partial charge < -0.3 is 0 Å². The molecule has 0 aliphatic heterocycles. The number of hydrogen-bond donors (Lipinski definition) is 0. The quantitative estimate of drug-likeness (QED) is 0.440. The monoisotopic (exact) mass is 189 g/mol. The van der Waals surface area contributed by atoms with Gasteiger partial charge in [-0.1, -0.05) is 20.4 Å². The molecule has 0 aromatic carbocycles. The van der Waals surface area contributed by atoms with Crippen LogP contribution in [-0.2, 0) is 0 Å². The molecule has 0 bridgehead atoms. The normalized spacial score (nSPS) is 10.7. The van der Waals surface area contributed by atoms with Gasteiger partial charge in [0.15, 0.2) is 0 Å². The zero-order chi connectivity index (χ0) is 9.40. The van der Waals surface area contributed by atoms with E-state index in [1.165, 1.54) is 12.8 Å². The summed E-state index contributed by atoms with van der Waals surface area (Å²) in [7, 11) is 0. The van der Waals surface area contributed by atoms with Crippen molar-refractivity contribution >= 4 is 11.6 Å². The highest BCUT2D eigenvalue weighted by molar-refractivity contribution is 6.19. The Hall–Kier alpha value is -0.0100. The molecule has 0 aliphatic rings. The molecule has 2 heteroatoms. The highest BCUT2D eigenvalue weighted by Crippen LogP contribution is 2.01. The number of alkyl halides is 1. The van der Waals surface area contributed by atoms with E-state index in [0.717, 1.165) is 25.2 Å². The van der Waals surface area contributed by atoms with E-state index in [1.807, 2.05) is 0 Å². The summed E-state index contributed by atoms with van der Waals surface area (Å²) in [5.41, 5.74) is 1.12. The highest BCUT2D eigenvalue weighted by atomic mass is 35.5. The van der Waals surface area contributed by atoms with E-state index in [-0.39, 0.29) is 0 Å². The van der Waals surface area contributed by atoms with Crippen LogP contribution in [0.5, 0.6) is 0 Å². The fourth-order valence-corrected chi connectivity index (χ4v) is 1.35. The molecule has 0 amide bonds. The second-order valence-corrected chi connectivity index (χ2v) is 3.43. The maximum absolute atomic E-state index is 5.67. The molecule has 0 aromatic heterocycles. The number of halogens is 1. The first kappa shape index (κ1) is 12.0. The average Bonchev–Trinajstić information content (AvgIpc) is 2.05. The Labute approximate surface area is 81.4 Å². The predicted octanol–water partition coefficient (Wildman–Crippen LogP) is 2.90. The summed E-state index contributed by atoms with van der Waals surface area (Å²) < 4.78 is 0. The topological polar surface area (TPSA) is 3.24 Å². The van der Waals surface area contributed by atoms with Crippen molar-refractivity contribution in [2.75, 3.05) is 25.5 Å². The van der Waals surface area contributed by atoms with E-state index < -0.39 is 0 Å². The molecule has 0 saturated carbocycles. The van der Waals surface area contributed by atoms with Crippen LogP contribution < -0.4 is 0 Å². The molecule has 0 rings (SSSR count). The fourth-order valence-electron chi connectivity index (χ4n) is 1.26. The smallest absolute Gasteiger partial charge is 0.0443 e. The molecule has 1 nitrogen and oxygen atoms in total. The molecule has 0 fully saturated rings. The molecule has 0 N–H and O–H groups in total. The summed E-state index contributed by atoms with van der Waals surface area (Å²) in [6, 6.07) is 0. The molecular formula is C10H20ClN. The molecule has 0 radical (unpaired) electrons. The zero-order valence-corrected chi connectivity index (χ0v) is 9.03. The molecule has 0 atom stereocenters. The van der Waals surface area contributed by atoms with E-state index in [1.54, 1.807) is 0 Å². The van der Waals surface area contributed by atoms with Gasteiger partial charge in [-0.15, -0.1) is 11.6 Å². The Morgan fingerprint density at radius 3 is 2.08 bits per heavy atom. The van der Waals surface area contributed by atoms with Gasteiger partial charge in [0.05, 0.1) is 0 Å². The second-order valence-electron chi connectivity index (χ2n) is 3.16. The first-order valence-corrected chi connectivity index (χ1v) is 5.23. The van der Waals surface area contributed by atoms with Crippen molar-refractivity contribution in [1.29, 1.82) is 0 Å². The van der Waals surface area contributed by atoms with Gasteiger partial charge in [0.2, 0.25) is 0 Å². The van der Waals surface area contributed by atoms with Gasteiger partial charge in [0.25, 0.3) is 0 Å². The Kier molecular flexibility index (Phi) is 7.62. The van der Waals surface area contributed by atoms with Gasteiger partial charge in [-0.2, -0.15) is 0 Å². The lowest BCUT2D eigenvalue weighted by molar-refractivity contribution is 0.298. The minimum Gasteiger partial charge on any atom is -0.299 e. The number of hydrogen-bond acceptors (Lipinski definition) is 1. The van der Waals surface area contributed by atoms with Crippen LogP contribution in [0.25, 0.3) is 0 Å². The third kappa shape index (κ3) is 5.62. The van der Waals surface area contributed by atoms with Gasteiger partial charge in [0.1, 0.15) is 0 Å². The van der Waals surface area contributed by atoms with Crippen LogP contribution >= 0.6 is 11.6 Å². The van der Waals surface area contributed by atoms with Crippen LogP contribution in [-0.4, -0.2) is 30.4 Å². The van der Waals surface area contributed by atoms with Gasteiger partial charge in [-0.25, -0.2) is 0 Å². The van der Waals surface area contributed by atoms with Crippen LogP contribution in [0.4, 0.5) is 0 Å². The minimum atomic E-state index is 0.587. The van der Waals surface area contributed by atoms with Gasteiger partial charge >= 0.3 is 0 Å². The summed E-state index contributed by atoms with van der Waals surface area (Å²) in [4.78, 5) is 2.41. The third-order valence-electron chi connectivity index (χ3n) is 1.72. The summed E-state index contributed by atoms with van der Waals surface area (Å²) in [6.45, 7) is 11.6. The molecule has 0 aliphatic carbocycles. The van der Waals surface area contributed by atoms with Gasteiger partial charge in [0, 0.05) is 12.4 Å². The van der Waals surface area contributed by atoms with E-state index in [0.29, 0.717) is 5.88 Å². The summed E-state index contributed by atoms with van der Waals surface area (Å²) in [6.07, 6.45) is 2.41. The predicted molar refractivity (Wildman–Crippen MR) is 56.9 cm³/mol. The Balaban J connectivity index is 3.68. The molecule has 72 valence electrons. The maximum Gasteiger partial charge on any atom is 0.0443 e. The van der Waals surface area contributed by atoms with Crippen molar-refractivity contribution in [2.24, 2.45) is 0 Å². The first-order chi connectivity index (χ1) is 5.74. The van der Waals surface area contributed by atoms with Crippen molar-refractivity contribution in [3.05, 3.63) is 12.2 Å². The van der Waals surface area contributed by atoms with Crippen molar-refractivity contribution in [1.82, 2.24) is 4.90 Å². The van der Waals surface area contributed by atoms with Crippen LogP contribution in [0.1, 0.15) is 26.7 Å². The van der Waals surface area contributed by atoms with Crippen LogP contribution in [0.15, 0.2) is 12.2 Å². The van der Waals surface area contributed by atoms with Gasteiger partial charge in [-0.3, -0.25) is 4.90 Å². The largest absolute Gasteiger partial charge is 0.299 e. The lowest BCUT2D eigenvalue weighted by atomic mass is 10.3. The summed E-state index contributed by atoms with van der Waals surface area (Å²) >= 11 is 5.67. The summed E-state index contributed by atoms with van der Waals surface area (Å²) in [5, 5.41) is 0. The highest BCUT2D eigenvalue weighted by Gasteiger charge is 2.02. The van der Waals surface area contributed by atoms with E-state index in [4.69, 9.17) is 11.6 Å². The van der Waals surface area contributed by atoms with E-state index in [2.05, 4.69) is 25.3 Å². The fraction of sp³-hybridized carbons (Fsp3) is 0.800. The molecule has 0 heterocycles. The zero-order valence-electron chi connectivity index (χ0n) is 8.27. The Morgan fingerprint density at radius 1 is 1.25 bits per heavy atom. The van der Waals surface area contributed by atoms with Crippen LogP contribution in [0.3, 0.4) is 0 Å². The first-order valence-electron chi connectivity index (χ1n) is 4.69. The molecule has 12 heavy (non-hydrogen) atoms. The Morgan fingerprint density at radius 2 is 1.75 bits per heavy atom. The standard InChI is InChI=1S/C10H20ClN/c1-4-6-12(7-5-2)9-10(3)8-11/h3-9H2,1-2H3.